The van der Waals surface area contributed by atoms with Crippen molar-refractivity contribution in [2.45, 2.75) is 34.1 Å². The molecule has 0 fully saturated rings. The molecule has 0 bridgehead atoms. The van der Waals surface area contributed by atoms with Gasteiger partial charge < -0.3 is 15.3 Å². The van der Waals surface area contributed by atoms with Gasteiger partial charge in [-0.05, 0) is 36.5 Å². The van der Waals surface area contributed by atoms with Gasteiger partial charge >= 0.3 is 5.97 Å². The summed E-state index contributed by atoms with van der Waals surface area (Å²) in [6.07, 6.45) is 0.291. The first-order valence-electron chi connectivity index (χ1n) is 5.82. The van der Waals surface area contributed by atoms with Gasteiger partial charge in [0.1, 0.15) is 0 Å². The van der Waals surface area contributed by atoms with E-state index in [0.717, 1.165) is 0 Å². The van der Waals surface area contributed by atoms with Gasteiger partial charge in [-0.1, -0.05) is 26.8 Å². The van der Waals surface area contributed by atoms with Crippen LogP contribution in [-0.4, -0.2) is 21.3 Å². The highest BCUT2D eigenvalue weighted by Gasteiger charge is 2.44. The average Bonchev–Trinajstić information content (AvgIpc) is 2.21. The fraction of sp³-hybridized carbons (Fsp3) is 0.500. The van der Waals surface area contributed by atoms with E-state index in [0.29, 0.717) is 12.0 Å². The van der Waals surface area contributed by atoms with Crippen LogP contribution in [0.2, 0.25) is 0 Å². The fourth-order valence-electron chi connectivity index (χ4n) is 1.75. The van der Waals surface area contributed by atoms with Crippen molar-refractivity contribution in [3.05, 3.63) is 23.8 Å². The molecule has 1 aromatic carbocycles. The maximum atomic E-state index is 11.5. The standard InChI is InChI=1S/C14H20O4/c1-13(2,3)14(4,12(17)18)8-9-5-6-10(15)11(16)7-9/h5-7,15-16H,8H2,1-4H3,(H,17,18)/t14-/m0/s1. The number of carboxylic acid groups (broad SMARTS) is 1. The third-order valence-corrected chi connectivity index (χ3v) is 3.72. The van der Waals surface area contributed by atoms with Gasteiger partial charge in [0.25, 0.3) is 0 Å². The van der Waals surface area contributed by atoms with Crippen molar-refractivity contribution in [2.24, 2.45) is 10.8 Å². The van der Waals surface area contributed by atoms with E-state index in [-0.39, 0.29) is 11.5 Å². The van der Waals surface area contributed by atoms with Crippen molar-refractivity contribution in [1.82, 2.24) is 0 Å². The first-order chi connectivity index (χ1) is 8.08. The molecule has 0 amide bonds. The quantitative estimate of drug-likeness (QED) is 0.723. The first kappa shape index (κ1) is 14.4. The Kier molecular flexibility index (Phi) is 3.60. The predicted molar refractivity (Wildman–Crippen MR) is 68.7 cm³/mol. The molecule has 0 heterocycles. The van der Waals surface area contributed by atoms with Crippen LogP contribution < -0.4 is 0 Å². The smallest absolute Gasteiger partial charge is 0.310 e. The molecule has 1 aromatic rings. The molecule has 0 unspecified atom stereocenters. The fourth-order valence-corrected chi connectivity index (χ4v) is 1.75. The van der Waals surface area contributed by atoms with Gasteiger partial charge in [-0.15, -0.1) is 0 Å². The zero-order chi connectivity index (χ0) is 14.1. The van der Waals surface area contributed by atoms with Crippen LogP contribution >= 0.6 is 0 Å². The normalized spacial score (nSPS) is 15.1. The van der Waals surface area contributed by atoms with Crippen LogP contribution in [0.1, 0.15) is 33.3 Å². The van der Waals surface area contributed by atoms with Gasteiger partial charge in [0, 0.05) is 0 Å². The molecule has 0 saturated carbocycles. The number of hydrogen-bond donors (Lipinski definition) is 3. The Bertz CT molecular complexity index is 459. The average molecular weight is 252 g/mol. The van der Waals surface area contributed by atoms with Crippen LogP contribution in [0.3, 0.4) is 0 Å². The molecule has 0 aliphatic carbocycles. The Morgan fingerprint density at radius 1 is 1.11 bits per heavy atom. The molecule has 0 saturated heterocycles. The Balaban J connectivity index is 3.12. The summed E-state index contributed by atoms with van der Waals surface area (Å²) in [5.41, 5.74) is -0.687. The summed E-state index contributed by atoms with van der Waals surface area (Å²) in [7, 11) is 0. The van der Waals surface area contributed by atoms with Gasteiger partial charge in [0.05, 0.1) is 5.41 Å². The molecule has 0 spiro atoms. The predicted octanol–water partition coefficient (Wildman–Crippen LogP) is 2.78. The van der Waals surface area contributed by atoms with Gasteiger partial charge in [0.15, 0.2) is 11.5 Å². The lowest BCUT2D eigenvalue weighted by Crippen LogP contribution is -2.42. The number of rotatable bonds is 3. The minimum absolute atomic E-state index is 0.202. The number of phenols is 2. The molecule has 0 aromatic heterocycles. The van der Waals surface area contributed by atoms with E-state index in [1.165, 1.54) is 12.1 Å². The van der Waals surface area contributed by atoms with E-state index in [4.69, 9.17) is 0 Å². The first-order valence-corrected chi connectivity index (χ1v) is 5.82. The van der Waals surface area contributed by atoms with Crippen LogP contribution in [-0.2, 0) is 11.2 Å². The number of benzene rings is 1. The Hall–Kier alpha value is -1.71. The summed E-state index contributed by atoms with van der Waals surface area (Å²) >= 11 is 0. The summed E-state index contributed by atoms with van der Waals surface area (Å²) in [5.74, 6) is -1.30. The van der Waals surface area contributed by atoms with Crippen LogP contribution in [0.4, 0.5) is 0 Å². The van der Waals surface area contributed by atoms with Crippen molar-refractivity contribution >= 4 is 5.97 Å². The topological polar surface area (TPSA) is 77.8 Å². The van der Waals surface area contributed by atoms with Crippen molar-refractivity contribution in [2.75, 3.05) is 0 Å². The van der Waals surface area contributed by atoms with Crippen molar-refractivity contribution in [3.63, 3.8) is 0 Å². The van der Waals surface area contributed by atoms with E-state index >= 15 is 0 Å². The summed E-state index contributed by atoms with van der Waals surface area (Å²) in [5, 5.41) is 28.1. The van der Waals surface area contributed by atoms with Crippen LogP contribution in [0.5, 0.6) is 11.5 Å². The number of hydrogen-bond acceptors (Lipinski definition) is 3. The highest BCUT2D eigenvalue weighted by molar-refractivity contribution is 5.75. The largest absolute Gasteiger partial charge is 0.504 e. The zero-order valence-electron chi connectivity index (χ0n) is 11.2. The molecule has 1 rings (SSSR count). The maximum Gasteiger partial charge on any atom is 0.310 e. The highest BCUT2D eigenvalue weighted by Crippen LogP contribution is 2.42. The molecule has 3 N–H and O–H groups in total. The van der Waals surface area contributed by atoms with E-state index < -0.39 is 16.8 Å². The minimum Gasteiger partial charge on any atom is -0.504 e. The number of aromatic hydroxyl groups is 2. The second-order valence-electron chi connectivity index (χ2n) is 5.89. The van der Waals surface area contributed by atoms with Crippen molar-refractivity contribution < 1.29 is 20.1 Å². The highest BCUT2D eigenvalue weighted by atomic mass is 16.4. The van der Waals surface area contributed by atoms with E-state index in [1.807, 2.05) is 20.8 Å². The second kappa shape index (κ2) is 4.52. The molecular weight excluding hydrogens is 232 g/mol. The van der Waals surface area contributed by atoms with Gasteiger partial charge in [-0.2, -0.15) is 0 Å². The molecular formula is C14H20O4. The molecule has 4 nitrogen and oxygen atoms in total. The maximum absolute atomic E-state index is 11.5. The zero-order valence-corrected chi connectivity index (χ0v) is 11.2. The lowest BCUT2D eigenvalue weighted by molar-refractivity contribution is -0.154. The van der Waals surface area contributed by atoms with Crippen LogP contribution in [0.25, 0.3) is 0 Å². The van der Waals surface area contributed by atoms with E-state index in [9.17, 15) is 20.1 Å². The number of aliphatic carboxylic acids is 1. The van der Waals surface area contributed by atoms with Gasteiger partial charge in [-0.3, -0.25) is 4.79 Å². The summed E-state index contributed by atoms with van der Waals surface area (Å²) in [6.45, 7) is 7.32. The Morgan fingerprint density at radius 3 is 2.06 bits per heavy atom. The minimum atomic E-state index is -0.948. The van der Waals surface area contributed by atoms with Gasteiger partial charge in [-0.25, -0.2) is 0 Å². The van der Waals surface area contributed by atoms with E-state index in [2.05, 4.69) is 0 Å². The number of carboxylic acids is 1. The number of carbonyl (C=O) groups is 1. The molecule has 4 heteroatoms. The molecule has 0 radical (unpaired) electrons. The van der Waals surface area contributed by atoms with E-state index in [1.54, 1.807) is 13.0 Å². The third-order valence-electron chi connectivity index (χ3n) is 3.72. The monoisotopic (exact) mass is 252 g/mol. The lowest BCUT2D eigenvalue weighted by Gasteiger charge is -2.38. The van der Waals surface area contributed by atoms with Crippen molar-refractivity contribution in [1.29, 1.82) is 0 Å². The van der Waals surface area contributed by atoms with Crippen molar-refractivity contribution in [3.8, 4) is 11.5 Å². The number of phenolic OH excluding ortho intramolecular Hbond substituents is 2. The molecule has 1 atom stereocenters. The molecule has 0 aliphatic rings. The van der Waals surface area contributed by atoms with Crippen LogP contribution in [0, 0.1) is 10.8 Å². The molecule has 0 aliphatic heterocycles. The Labute approximate surface area is 107 Å². The van der Waals surface area contributed by atoms with Crippen LogP contribution in [0.15, 0.2) is 18.2 Å². The SMILES string of the molecule is CC(C)(C)[C@@](C)(Cc1ccc(O)c(O)c1)C(=O)O. The molecule has 100 valence electrons. The van der Waals surface area contributed by atoms with Gasteiger partial charge in [0.2, 0.25) is 0 Å². The summed E-state index contributed by atoms with van der Waals surface area (Å²) < 4.78 is 0. The summed E-state index contributed by atoms with van der Waals surface area (Å²) in [4.78, 5) is 11.5. The lowest BCUT2D eigenvalue weighted by atomic mass is 9.65. The third kappa shape index (κ3) is 2.58. The second-order valence-corrected chi connectivity index (χ2v) is 5.89. The molecule has 18 heavy (non-hydrogen) atoms. The summed E-state index contributed by atoms with van der Waals surface area (Å²) in [6, 6.07) is 4.40. The Morgan fingerprint density at radius 2 is 1.67 bits per heavy atom.